The predicted octanol–water partition coefficient (Wildman–Crippen LogP) is 3.67. The lowest BCUT2D eigenvalue weighted by molar-refractivity contribution is -0.122. The summed E-state index contributed by atoms with van der Waals surface area (Å²) in [7, 11) is 1.59. The molecule has 2 aliphatic rings. The van der Waals surface area contributed by atoms with E-state index in [1.165, 1.54) is 19.3 Å². The van der Waals surface area contributed by atoms with Crippen LogP contribution in [0, 0.1) is 0 Å². The van der Waals surface area contributed by atoms with Crippen LogP contribution in [0.25, 0.3) is 0 Å². The van der Waals surface area contributed by atoms with Crippen molar-refractivity contribution in [1.82, 2.24) is 15.5 Å². The average molecular weight is 430 g/mol. The highest BCUT2D eigenvalue weighted by atomic mass is 16.5. The molecule has 170 valence electrons. The van der Waals surface area contributed by atoms with Crippen LogP contribution in [0.5, 0.6) is 5.75 Å². The minimum atomic E-state index is -0.0207. The fourth-order valence-corrected chi connectivity index (χ4v) is 4.37. The van der Waals surface area contributed by atoms with E-state index >= 15 is 0 Å². The first-order valence-corrected chi connectivity index (χ1v) is 11.6. The monoisotopic (exact) mass is 429 g/mol. The van der Waals surface area contributed by atoms with Crippen molar-refractivity contribution in [3.63, 3.8) is 0 Å². The first-order chi connectivity index (χ1) is 15.0. The molecule has 1 aromatic rings. The number of hydrogen-bond acceptors (Lipinski definition) is 4. The number of carbonyl (C=O) groups is 3. The maximum atomic E-state index is 12.4. The van der Waals surface area contributed by atoms with Crippen LogP contribution in [0.4, 0.5) is 4.79 Å². The fourth-order valence-electron chi connectivity index (χ4n) is 4.37. The normalized spacial score (nSPS) is 17.8. The Morgan fingerprint density at radius 1 is 0.903 bits per heavy atom. The summed E-state index contributed by atoms with van der Waals surface area (Å²) in [6, 6.07) is 7.49. The van der Waals surface area contributed by atoms with Crippen molar-refractivity contribution in [3.05, 3.63) is 29.8 Å². The van der Waals surface area contributed by atoms with Crippen molar-refractivity contribution in [2.24, 2.45) is 0 Å². The number of hydrogen-bond donors (Lipinski definition) is 2. The van der Waals surface area contributed by atoms with Crippen molar-refractivity contribution in [2.45, 2.75) is 76.3 Å². The standard InChI is InChI=1S/C24H35N3O4/c1-31-21-12-10-18(11-13-21)22(28)8-5-9-23(29)25-20-14-16-27(17-15-20)24(30)26-19-6-3-2-4-7-19/h10-13,19-20H,2-9,14-17H2,1H3,(H,25,29)(H,26,30). The van der Waals surface area contributed by atoms with Crippen LogP contribution in [0.1, 0.15) is 74.6 Å². The Morgan fingerprint density at radius 2 is 1.55 bits per heavy atom. The van der Waals surface area contributed by atoms with Gasteiger partial charge in [-0.05, 0) is 56.4 Å². The summed E-state index contributed by atoms with van der Waals surface area (Å²) in [5, 5.41) is 6.23. The second-order valence-electron chi connectivity index (χ2n) is 8.62. The third-order valence-electron chi connectivity index (χ3n) is 6.30. The molecule has 3 amide bonds. The third-order valence-corrected chi connectivity index (χ3v) is 6.30. The number of methoxy groups -OCH3 is 1. The van der Waals surface area contributed by atoms with Gasteiger partial charge in [0.25, 0.3) is 0 Å². The Bertz CT molecular complexity index is 736. The average Bonchev–Trinajstić information content (AvgIpc) is 2.80. The van der Waals surface area contributed by atoms with Crippen molar-refractivity contribution in [3.8, 4) is 5.75 Å². The van der Waals surface area contributed by atoms with Crippen LogP contribution in [-0.2, 0) is 4.79 Å². The molecule has 7 nitrogen and oxygen atoms in total. The SMILES string of the molecule is COc1ccc(C(=O)CCCC(=O)NC2CCN(C(=O)NC3CCCCC3)CC2)cc1. The van der Waals surface area contributed by atoms with E-state index in [9.17, 15) is 14.4 Å². The molecule has 0 radical (unpaired) electrons. The van der Waals surface area contributed by atoms with Gasteiger partial charge in [-0.25, -0.2) is 4.79 Å². The summed E-state index contributed by atoms with van der Waals surface area (Å²) in [5.41, 5.74) is 0.639. The fraction of sp³-hybridized carbons (Fsp3) is 0.625. The molecule has 2 fully saturated rings. The van der Waals surface area contributed by atoms with Gasteiger partial charge in [-0.15, -0.1) is 0 Å². The number of likely N-dealkylation sites (tertiary alicyclic amines) is 1. The van der Waals surface area contributed by atoms with Crippen LogP contribution < -0.4 is 15.4 Å². The molecule has 0 bridgehead atoms. The second-order valence-corrected chi connectivity index (χ2v) is 8.62. The summed E-state index contributed by atoms with van der Waals surface area (Å²) >= 11 is 0. The Hall–Kier alpha value is -2.57. The number of piperidine rings is 1. The first-order valence-electron chi connectivity index (χ1n) is 11.6. The topological polar surface area (TPSA) is 87.7 Å². The number of ether oxygens (including phenoxy) is 1. The van der Waals surface area contributed by atoms with Gasteiger partial charge in [0.05, 0.1) is 7.11 Å². The number of nitrogens with one attached hydrogen (secondary N) is 2. The molecule has 7 heteroatoms. The lowest BCUT2D eigenvalue weighted by atomic mass is 9.95. The molecule has 0 spiro atoms. The van der Waals surface area contributed by atoms with E-state index in [1.807, 2.05) is 4.90 Å². The Balaban J connectivity index is 1.30. The molecular weight excluding hydrogens is 394 g/mol. The molecule has 1 saturated carbocycles. The van der Waals surface area contributed by atoms with Crippen molar-refractivity contribution in [2.75, 3.05) is 20.2 Å². The van der Waals surface area contributed by atoms with Crippen LogP contribution in [0.2, 0.25) is 0 Å². The Morgan fingerprint density at radius 3 is 2.19 bits per heavy atom. The molecule has 0 aromatic heterocycles. The van der Waals surface area contributed by atoms with Crippen LogP contribution in [0.3, 0.4) is 0 Å². The van der Waals surface area contributed by atoms with E-state index in [0.717, 1.165) is 25.7 Å². The maximum Gasteiger partial charge on any atom is 0.317 e. The van der Waals surface area contributed by atoms with E-state index in [-0.39, 0.29) is 23.8 Å². The summed E-state index contributed by atoms with van der Waals surface area (Å²) in [6.07, 6.45) is 8.59. The van der Waals surface area contributed by atoms with Gasteiger partial charge >= 0.3 is 6.03 Å². The number of nitrogens with zero attached hydrogens (tertiary/aromatic N) is 1. The summed E-state index contributed by atoms with van der Waals surface area (Å²) in [4.78, 5) is 38.8. The van der Waals surface area contributed by atoms with Gasteiger partial charge < -0.3 is 20.3 Å². The number of amides is 3. The van der Waals surface area contributed by atoms with Crippen molar-refractivity contribution in [1.29, 1.82) is 0 Å². The number of urea groups is 1. The van der Waals surface area contributed by atoms with E-state index in [4.69, 9.17) is 4.74 Å². The number of benzene rings is 1. The summed E-state index contributed by atoms with van der Waals surface area (Å²) < 4.78 is 5.10. The van der Waals surface area contributed by atoms with Crippen LogP contribution in [-0.4, -0.2) is 54.9 Å². The molecule has 3 rings (SSSR count). The van der Waals surface area contributed by atoms with E-state index in [0.29, 0.717) is 49.7 Å². The Labute approximate surface area is 184 Å². The van der Waals surface area contributed by atoms with Crippen LogP contribution in [0.15, 0.2) is 24.3 Å². The quantitative estimate of drug-likeness (QED) is 0.617. The summed E-state index contributed by atoms with van der Waals surface area (Å²) in [6.45, 7) is 1.33. The number of ketones is 1. The van der Waals surface area contributed by atoms with Crippen molar-refractivity contribution < 1.29 is 19.1 Å². The van der Waals surface area contributed by atoms with Gasteiger partial charge in [0.15, 0.2) is 5.78 Å². The zero-order valence-corrected chi connectivity index (χ0v) is 18.5. The minimum absolute atomic E-state index is 0.0207. The molecular formula is C24H35N3O4. The first kappa shape index (κ1) is 23.1. The largest absolute Gasteiger partial charge is 0.497 e. The van der Waals surface area contributed by atoms with E-state index in [1.54, 1.807) is 31.4 Å². The molecule has 1 saturated heterocycles. The van der Waals surface area contributed by atoms with Crippen LogP contribution >= 0.6 is 0 Å². The molecule has 0 atom stereocenters. The predicted molar refractivity (Wildman–Crippen MR) is 119 cm³/mol. The van der Waals surface area contributed by atoms with Gasteiger partial charge in [0, 0.05) is 43.6 Å². The van der Waals surface area contributed by atoms with Gasteiger partial charge in [-0.2, -0.15) is 0 Å². The molecule has 1 aliphatic carbocycles. The molecule has 31 heavy (non-hydrogen) atoms. The second kappa shape index (κ2) is 11.7. The highest BCUT2D eigenvalue weighted by Crippen LogP contribution is 2.19. The zero-order valence-electron chi connectivity index (χ0n) is 18.5. The molecule has 2 N–H and O–H groups in total. The van der Waals surface area contributed by atoms with Gasteiger partial charge in [0.1, 0.15) is 5.75 Å². The lowest BCUT2D eigenvalue weighted by Crippen LogP contribution is -2.51. The third kappa shape index (κ3) is 7.26. The number of Topliss-reactive ketones (excluding diaryl/α,β-unsaturated/α-hetero) is 1. The lowest BCUT2D eigenvalue weighted by Gasteiger charge is -2.34. The molecule has 0 unspecified atom stereocenters. The van der Waals surface area contributed by atoms with E-state index in [2.05, 4.69) is 10.6 Å². The maximum absolute atomic E-state index is 12.4. The molecule has 1 aromatic carbocycles. The molecule has 1 aliphatic heterocycles. The summed E-state index contributed by atoms with van der Waals surface area (Å²) in [5.74, 6) is 0.730. The number of rotatable bonds is 8. The highest BCUT2D eigenvalue weighted by Gasteiger charge is 2.25. The van der Waals surface area contributed by atoms with Gasteiger partial charge in [-0.1, -0.05) is 19.3 Å². The van der Waals surface area contributed by atoms with E-state index < -0.39 is 0 Å². The zero-order chi connectivity index (χ0) is 22.1. The van der Waals surface area contributed by atoms with Gasteiger partial charge in [0.2, 0.25) is 5.91 Å². The minimum Gasteiger partial charge on any atom is -0.497 e. The van der Waals surface area contributed by atoms with Crippen molar-refractivity contribution >= 4 is 17.7 Å². The van der Waals surface area contributed by atoms with Gasteiger partial charge in [-0.3, -0.25) is 9.59 Å². The Kier molecular flexibility index (Phi) is 8.74. The highest BCUT2D eigenvalue weighted by molar-refractivity contribution is 5.96. The molecule has 1 heterocycles. The number of carbonyl (C=O) groups excluding carboxylic acids is 3. The smallest absolute Gasteiger partial charge is 0.317 e.